The Morgan fingerprint density at radius 3 is 2.80 bits per heavy atom. The molecule has 1 atom stereocenters. The van der Waals surface area contributed by atoms with Gasteiger partial charge in [-0.1, -0.05) is 6.08 Å². The molecule has 0 spiro atoms. The summed E-state index contributed by atoms with van der Waals surface area (Å²) in [6, 6.07) is 0. The zero-order valence-electron chi connectivity index (χ0n) is 6.00. The summed E-state index contributed by atoms with van der Waals surface area (Å²) in [7, 11) is 1.70. The summed E-state index contributed by atoms with van der Waals surface area (Å²) in [6.45, 7) is 4.08. The van der Waals surface area contributed by atoms with Crippen molar-refractivity contribution in [2.75, 3.05) is 13.6 Å². The molecular weight excluding hydrogens is 131 g/mol. The van der Waals surface area contributed by atoms with Gasteiger partial charge in [-0.25, -0.2) is 0 Å². The van der Waals surface area contributed by atoms with E-state index in [0.29, 0.717) is 6.54 Å². The fraction of sp³-hybridized carbons (Fsp3) is 0.429. The highest BCUT2D eigenvalue weighted by molar-refractivity contribution is 4.94. The molecule has 0 N–H and O–H groups in total. The Hall–Kier alpha value is -0.990. The van der Waals surface area contributed by atoms with Crippen molar-refractivity contribution in [3.05, 3.63) is 25.1 Å². The van der Waals surface area contributed by atoms with E-state index in [2.05, 4.69) is 6.58 Å². The number of nitrogens with zero attached hydrogens (tertiary/aromatic N) is 2. The molecule has 1 rings (SSSR count). The van der Waals surface area contributed by atoms with E-state index >= 15 is 0 Å². The van der Waals surface area contributed by atoms with Crippen LogP contribution in [0.1, 0.15) is 0 Å². The third-order valence-electron chi connectivity index (χ3n) is 1.44. The van der Waals surface area contributed by atoms with Gasteiger partial charge in [0.25, 0.3) is 0 Å². The van der Waals surface area contributed by atoms with Gasteiger partial charge in [0.1, 0.15) is 0 Å². The molecule has 1 aliphatic rings. The van der Waals surface area contributed by atoms with Gasteiger partial charge < -0.3 is 9.80 Å². The van der Waals surface area contributed by atoms with E-state index in [1.54, 1.807) is 30.4 Å². The minimum Gasteiger partial charge on any atom is -0.333 e. The third kappa shape index (κ3) is 1.12. The van der Waals surface area contributed by atoms with Crippen molar-refractivity contribution in [2.24, 2.45) is 0 Å². The van der Waals surface area contributed by atoms with Crippen LogP contribution < -0.4 is 0 Å². The van der Waals surface area contributed by atoms with Crippen LogP contribution in [0.3, 0.4) is 0 Å². The van der Waals surface area contributed by atoms with Crippen molar-refractivity contribution >= 4 is 0 Å². The summed E-state index contributed by atoms with van der Waals surface area (Å²) in [5.41, 5.74) is 0. The van der Waals surface area contributed by atoms with Crippen LogP contribution in [0.25, 0.3) is 0 Å². The van der Waals surface area contributed by atoms with Crippen LogP contribution in [0.2, 0.25) is 0 Å². The summed E-state index contributed by atoms with van der Waals surface area (Å²) in [5, 5.41) is 0. The van der Waals surface area contributed by atoms with Gasteiger partial charge in [-0.3, -0.25) is 0 Å². The summed E-state index contributed by atoms with van der Waals surface area (Å²) >= 11 is 0. The predicted octanol–water partition coefficient (Wildman–Crippen LogP) is 1.14. The average molecular weight is 142 g/mol. The molecule has 0 saturated heterocycles. The molecule has 10 heavy (non-hydrogen) atoms. The second-order valence-electron chi connectivity index (χ2n) is 2.26. The molecule has 0 saturated carbocycles. The van der Waals surface area contributed by atoms with Crippen molar-refractivity contribution in [1.29, 1.82) is 0 Å². The molecular formula is C7H11FN2. The molecule has 0 radical (unpaired) electrons. The zero-order chi connectivity index (χ0) is 7.56. The van der Waals surface area contributed by atoms with E-state index in [4.69, 9.17) is 0 Å². The lowest BCUT2D eigenvalue weighted by Crippen LogP contribution is -2.32. The van der Waals surface area contributed by atoms with Crippen molar-refractivity contribution in [3.8, 4) is 0 Å². The van der Waals surface area contributed by atoms with Crippen LogP contribution in [0.15, 0.2) is 25.1 Å². The van der Waals surface area contributed by atoms with Gasteiger partial charge in [0.05, 0.1) is 0 Å². The maximum absolute atomic E-state index is 12.9. The molecule has 56 valence electrons. The minimum absolute atomic E-state index is 0.558. The molecule has 2 nitrogen and oxygen atoms in total. The SMILES string of the molecule is C=CCN1C=CN(C)C1F. The first-order valence-electron chi connectivity index (χ1n) is 3.16. The molecule has 0 aliphatic carbocycles. The molecule has 0 aromatic rings. The first-order chi connectivity index (χ1) is 4.75. The molecule has 0 aromatic heterocycles. The smallest absolute Gasteiger partial charge is 0.249 e. The van der Waals surface area contributed by atoms with E-state index < -0.39 is 6.42 Å². The van der Waals surface area contributed by atoms with Crippen molar-refractivity contribution < 1.29 is 4.39 Å². The van der Waals surface area contributed by atoms with E-state index in [-0.39, 0.29) is 0 Å². The molecule has 0 aromatic carbocycles. The van der Waals surface area contributed by atoms with E-state index in [0.717, 1.165) is 0 Å². The number of hydrogen-bond donors (Lipinski definition) is 0. The first kappa shape index (κ1) is 7.12. The second kappa shape index (κ2) is 2.73. The first-order valence-corrected chi connectivity index (χ1v) is 3.16. The summed E-state index contributed by atoms with van der Waals surface area (Å²) in [5.74, 6) is 0. The predicted molar refractivity (Wildman–Crippen MR) is 38.7 cm³/mol. The molecule has 1 unspecified atom stereocenters. The van der Waals surface area contributed by atoms with Crippen molar-refractivity contribution in [1.82, 2.24) is 9.80 Å². The third-order valence-corrected chi connectivity index (χ3v) is 1.44. The Kier molecular flexibility index (Phi) is 1.94. The normalized spacial score (nSPS) is 24.0. The minimum atomic E-state index is -1.02. The van der Waals surface area contributed by atoms with E-state index in [1.165, 1.54) is 4.90 Å². The fourth-order valence-corrected chi connectivity index (χ4v) is 0.864. The van der Waals surface area contributed by atoms with Gasteiger partial charge in [-0.05, 0) is 0 Å². The molecule has 1 aliphatic heterocycles. The highest BCUT2D eigenvalue weighted by atomic mass is 19.1. The van der Waals surface area contributed by atoms with Crippen molar-refractivity contribution in [2.45, 2.75) is 6.42 Å². The zero-order valence-corrected chi connectivity index (χ0v) is 6.00. The van der Waals surface area contributed by atoms with Crippen LogP contribution in [0, 0.1) is 0 Å². The maximum atomic E-state index is 12.9. The number of rotatable bonds is 2. The van der Waals surface area contributed by atoms with Gasteiger partial charge >= 0.3 is 0 Å². The largest absolute Gasteiger partial charge is 0.333 e. The Bertz CT molecular complexity index is 156. The van der Waals surface area contributed by atoms with Crippen LogP contribution in [-0.4, -0.2) is 29.8 Å². The van der Waals surface area contributed by atoms with Gasteiger partial charge in [-0.2, -0.15) is 4.39 Å². The lowest BCUT2D eigenvalue weighted by atomic mass is 10.5. The lowest BCUT2D eigenvalue weighted by molar-refractivity contribution is 0.0524. The lowest BCUT2D eigenvalue weighted by Gasteiger charge is -2.21. The fourth-order valence-electron chi connectivity index (χ4n) is 0.864. The van der Waals surface area contributed by atoms with Crippen LogP contribution in [-0.2, 0) is 0 Å². The summed E-state index contributed by atoms with van der Waals surface area (Å²) in [6.07, 6.45) is 4.08. The quantitative estimate of drug-likeness (QED) is 0.421. The average Bonchev–Trinajstić information content (AvgIpc) is 2.20. The monoisotopic (exact) mass is 142 g/mol. The number of alkyl halides is 1. The van der Waals surface area contributed by atoms with E-state index in [1.807, 2.05) is 0 Å². The van der Waals surface area contributed by atoms with Gasteiger partial charge in [0.15, 0.2) is 0 Å². The van der Waals surface area contributed by atoms with Crippen LogP contribution in [0.4, 0.5) is 4.39 Å². The number of hydrogen-bond acceptors (Lipinski definition) is 2. The number of halogens is 1. The van der Waals surface area contributed by atoms with E-state index in [9.17, 15) is 4.39 Å². The molecule has 0 bridgehead atoms. The topological polar surface area (TPSA) is 6.48 Å². The highest BCUT2D eigenvalue weighted by Gasteiger charge is 2.20. The molecule has 1 heterocycles. The van der Waals surface area contributed by atoms with Crippen LogP contribution >= 0.6 is 0 Å². The molecule has 0 amide bonds. The van der Waals surface area contributed by atoms with Crippen LogP contribution in [0.5, 0.6) is 0 Å². The van der Waals surface area contributed by atoms with Gasteiger partial charge in [0.2, 0.25) is 6.42 Å². The Labute approximate surface area is 60.2 Å². The maximum Gasteiger partial charge on any atom is 0.249 e. The van der Waals surface area contributed by atoms with Gasteiger partial charge in [-0.15, -0.1) is 6.58 Å². The Balaban J connectivity index is 2.49. The Morgan fingerprint density at radius 2 is 2.40 bits per heavy atom. The van der Waals surface area contributed by atoms with Gasteiger partial charge in [0, 0.05) is 26.0 Å². The highest BCUT2D eigenvalue weighted by Crippen LogP contribution is 2.13. The summed E-state index contributed by atoms with van der Waals surface area (Å²) < 4.78 is 12.9. The standard InChI is InChI=1S/C7H11FN2/c1-3-4-10-6-5-9(2)7(10)8/h3,5-7H,1,4H2,2H3. The molecule has 3 heteroatoms. The van der Waals surface area contributed by atoms with Crippen molar-refractivity contribution in [3.63, 3.8) is 0 Å². The Morgan fingerprint density at radius 1 is 1.70 bits per heavy atom. The second-order valence-corrected chi connectivity index (χ2v) is 2.26. The molecule has 0 fully saturated rings. The summed E-state index contributed by atoms with van der Waals surface area (Å²) in [4.78, 5) is 3.07.